The van der Waals surface area contributed by atoms with Crippen LogP contribution < -0.4 is 19.7 Å². The maximum atomic E-state index is 12.6. The number of carbonyl (C=O) groups is 1. The largest absolute Gasteiger partial charge is 0.490 e. The number of hydrogen-bond donors (Lipinski definition) is 2. The lowest BCUT2D eigenvalue weighted by Crippen LogP contribution is -3.11. The second-order valence-corrected chi connectivity index (χ2v) is 7.62. The minimum atomic E-state index is 0.00859. The lowest BCUT2D eigenvalue weighted by atomic mass is 10.0. The standard InChI is InChI=1S/C23H25N3O3/c24-11-10-17-4-7-19(8-5-17)25-23(27)16-26-12-1-3-20(26)18-6-9-21-22(15-18)29-14-2-13-28-21/h4-9,15,20H,1-3,10,12-14,16H2,(H,25,27)/p+1/t20-/m1/s1. The van der Waals surface area contributed by atoms with E-state index in [0.717, 1.165) is 48.6 Å². The second-order valence-electron chi connectivity index (χ2n) is 7.62. The van der Waals surface area contributed by atoms with Gasteiger partial charge in [-0.1, -0.05) is 12.1 Å². The predicted octanol–water partition coefficient (Wildman–Crippen LogP) is 2.27. The van der Waals surface area contributed by atoms with Gasteiger partial charge in [0.2, 0.25) is 0 Å². The Morgan fingerprint density at radius 3 is 2.69 bits per heavy atom. The van der Waals surface area contributed by atoms with E-state index in [1.54, 1.807) is 0 Å². The normalized spacial score (nSPS) is 20.5. The Morgan fingerprint density at radius 2 is 1.90 bits per heavy atom. The van der Waals surface area contributed by atoms with Gasteiger partial charge < -0.3 is 19.7 Å². The van der Waals surface area contributed by atoms with Gasteiger partial charge in [-0.3, -0.25) is 4.79 Å². The van der Waals surface area contributed by atoms with Crippen molar-refractivity contribution >= 4 is 11.6 Å². The summed E-state index contributed by atoms with van der Waals surface area (Å²) in [6, 6.07) is 16.1. The van der Waals surface area contributed by atoms with Gasteiger partial charge in [0.15, 0.2) is 18.0 Å². The molecule has 0 bridgehead atoms. The van der Waals surface area contributed by atoms with Crippen LogP contribution in [-0.2, 0) is 11.2 Å². The molecule has 2 heterocycles. The van der Waals surface area contributed by atoms with Gasteiger partial charge in [0.25, 0.3) is 5.91 Å². The number of ether oxygens (including phenoxy) is 2. The highest BCUT2D eigenvalue weighted by molar-refractivity contribution is 5.91. The van der Waals surface area contributed by atoms with E-state index in [2.05, 4.69) is 23.5 Å². The maximum Gasteiger partial charge on any atom is 0.279 e. The third-order valence-electron chi connectivity index (χ3n) is 5.57. The summed E-state index contributed by atoms with van der Waals surface area (Å²) in [5.74, 6) is 1.63. The van der Waals surface area contributed by atoms with Crippen molar-refractivity contribution in [1.82, 2.24) is 0 Å². The molecule has 0 aliphatic carbocycles. The van der Waals surface area contributed by atoms with E-state index >= 15 is 0 Å². The number of likely N-dealkylation sites (tertiary alicyclic amines) is 1. The number of rotatable bonds is 5. The molecule has 1 fully saturated rings. The number of amides is 1. The fourth-order valence-electron chi connectivity index (χ4n) is 4.13. The van der Waals surface area contributed by atoms with E-state index in [1.807, 2.05) is 30.3 Å². The molecule has 2 aliphatic heterocycles. The van der Waals surface area contributed by atoms with Crippen molar-refractivity contribution in [2.75, 3.05) is 31.6 Å². The number of nitriles is 1. The monoisotopic (exact) mass is 392 g/mol. The SMILES string of the molecule is N#CCc1ccc(NC(=O)C[NH+]2CCC[C@@H]2c2ccc3c(c2)OCCCO3)cc1. The summed E-state index contributed by atoms with van der Waals surface area (Å²) in [5.41, 5.74) is 2.92. The van der Waals surface area contributed by atoms with E-state index in [-0.39, 0.29) is 11.9 Å². The van der Waals surface area contributed by atoms with Gasteiger partial charge in [-0.05, 0) is 35.9 Å². The van der Waals surface area contributed by atoms with Crippen LogP contribution in [0.3, 0.4) is 0 Å². The molecule has 0 radical (unpaired) electrons. The Labute approximate surface area is 171 Å². The van der Waals surface area contributed by atoms with E-state index in [1.165, 1.54) is 10.5 Å². The molecular weight excluding hydrogens is 366 g/mol. The summed E-state index contributed by atoms with van der Waals surface area (Å²) in [5, 5.41) is 11.7. The van der Waals surface area contributed by atoms with Gasteiger partial charge in [0, 0.05) is 30.5 Å². The van der Waals surface area contributed by atoms with Gasteiger partial charge in [-0.2, -0.15) is 5.26 Å². The van der Waals surface area contributed by atoms with Crippen molar-refractivity contribution in [2.24, 2.45) is 0 Å². The third-order valence-corrected chi connectivity index (χ3v) is 5.57. The van der Waals surface area contributed by atoms with Crippen LogP contribution >= 0.6 is 0 Å². The van der Waals surface area contributed by atoms with Crippen molar-refractivity contribution in [3.05, 3.63) is 53.6 Å². The van der Waals surface area contributed by atoms with Crippen LogP contribution in [0.1, 0.15) is 36.4 Å². The summed E-state index contributed by atoms with van der Waals surface area (Å²) in [6.45, 7) is 2.77. The molecule has 1 amide bonds. The van der Waals surface area contributed by atoms with Gasteiger partial charge in [0.1, 0.15) is 6.04 Å². The van der Waals surface area contributed by atoms with E-state index in [0.29, 0.717) is 26.2 Å². The number of fused-ring (bicyclic) bond motifs is 1. The highest BCUT2D eigenvalue weighted by atomic mass is 16.5. The number of nitrogens with zero attached hydrogens (tertiary/aromatic N) is 1. The number of benzene rings is 2. The molecule has 2 aliphatic rings. The molecule has 6 heteroatoms. The lowest BCUT2D eigenvalue weighted by Gasteiger charge is -2.22. The Balaban J connectivity index is 1.40. The van der Waals surface area contributed by atoms with E-state index in [9.17, 15) is 4.79 Å². The summed E-state index contributed by atoms with van der Waals surface area (Å²) in [4.78, 5) is 13.9. The molecule has 2 atom stereocenters. The average Bonchev–Trinajstić information content (AvgIpc) is 3.04. The van der Waals surface area contributed by atoms with Crippen LogP contribution in [0, 0.1) is 11.3 Å². The molecule has 1 saturated heterocycles. The van der Waals surface area contributed by atoms with Crippen LogP contribution in [0.15, 0.2) is 42.5 Å². The van der Waals surface area contributed by atoms with E-state index < -0.39 is 0 Å². The maximum absolute atomic E-state index is 12.6. The highest BCUT2D eigenvalue weighted by Crippen LogP contribution is 2.33. The topological polar surface area (TPSA) is 75.8 Å². The summed E-state index contributed by atoms with van der Waals surface area (Å²) in [6.07, 6.45) is 3.43. The number of hydrogen-bond acceptors (Lipinski definition) is 4. The summed E-state index contributed by atoms with van der Waals surface area (Å²) in [7, 11) is 0. The number of quaternary nitrogens is 1. The van der Waals surface area contributed by atoms with Crippen molar-refractivity contribution < 1.29 is 19.2 Å². The first kappa shape index (κ1) is 19.3. The molecule has 0 saturated carbocycles. The Morgan fingerprint density at radius 1 is 1.10 bits per heavy atom. The van der Waals surface area contributed by atoms with Gasteiger partial charge >= 0.3 is 0 Å². The quantitative estimate of drug-likeness (QED) is 0.819. The fraction of sp³-hybridized carbons (Fsp3) is 0.391. The first-order valence-corrected chi connectivity index (χ1v) is 10.2. The zero-order chi connectivity index (χ0) is 20.1. The zero-order valence-corrected chi connectivity index (χ0v) is 16.4. The number of carbonyl (C=O) groups excluding carboxylic acids is 1. The lowest BCUT2D eigenvalue weighted by molar-refractivity contribution is -0.910. The average molecular weight is 392 g/mol. The van der Waals surface area contributed by atoms with Gasteiger partial charge in [0.05, 0.1) is 32.2 Å². The highest BCUT2D eigenvalue weighted by Gasteiger charge is 2.32. The van der Waals surface area contributed by atoms with Crippen molar-refractivity contribution in [3.63, 3.8) is 0 Å². The molecule has 6 nitrogen and oxygen atoms in total. The predicted molar refractivity (Wildman–Crippen MR) is 109 cm³/mol. The van der Waals surface area contributed by atoms with Crippen molar-refractivity contribution in [1.29, 1.82) is 5.26 Å². The fourth-order valence-corrected chi connectivity index (χ4v) is 4.13. The molecule has 2 aromatic carbocycles. The van der Waals surface area contributed by atoms with Crippen LogP contribution in [0.4, 0.5) is 5.69 Å². The molecule has 2 N–H and O–H groups in total. The van der Waals surface area contributed by atoms with Crippen LogP contribution in [-0.4, -0.2) is 32.2 Å². The Kier molecular flexibility index (Phi) is 5.97. The molecule has 150 valence electrons. The van der Waals surface area contributed by atoms with Crippen LogP contribution in [0.5, 0.6) is 11.5 Å². The van der Waals surface area contributed by atoms with Gasteiger partial charge in [-0.15, -0.1) is 0 Å². The number of nitrogens with one attached hydrogen (secondary N) is 2. The first-order chi connectivity index (χ1) is 14.2. The Hall–Kier alpha value is -3.04. The van der Waals surface area contributed by atoms with Gasteiger partial charge in [-0.25, -0.2) is 0 Å². The summed E-state index contributed by atoms with van der Waals surface area (Å²) >= 11 is 0. The first-order valence-electron chi connectivity index (χ1n) is 10.2. The van der Waals surface area contributed by atoms with Crippen LogP contribution in [0.25, 0.3) is 0 Å². The molecule has 2 aromatic rings. The molecule has 0 aromatic heterocycles. The minimum Gasteiger partial charge on any atom is -0.490 e. The number of anilines is 1. The zero-order valence-electron chi connectivity index (χ0n) is 16.4. The molecule has 29 heavy (non-hydrogen) atoms. The van der Waals surface area contributed by atoms with Crippen LogP contribution in [0.2, 0.25) is 0 Å². The van der Waals surface area contributed by atoms with E-state index in [4.69, 9.17) is 14.7 Å². The summed E-state index contributed by atoms with van der Waals surface area (Å²) < 4.78 is 11.6. The molecule has 1 unspecified atom stereocenters. The third kappa shape index (κ3) is 4.69. The smallest absolute Gasteiger partial charge is 0.279 e. The Bertz CT molecular complexity index is 905. The van der Waals surface area contributed by atoms with Crippen molar-refractivity contribution in [2.45, 2.75) is 31.7 Å². The van der Waals surface area contributed by atoms with Crippen molar-refractivity contribution in [3.8, 4) is 17.6 Å². The molecular formula is C23H26N3O3+. The second kappa shape index (κ2) is 8.97. The minimum absolute atomic E-state index is 0.00859. The molecule has 4 rings (SSSR count). The molecule has 0 spiro atoms.